The van der Waals surface area contributed by atoms with E-state index in [1.165, 1.54) is 12.3 Å². The molecule has 0 unspecified atom stereocenters. The molecule has 0 aliphatic rings. The van der Waals surface area contributed by atoms with Crippen molar-refractivity contribution in [3.63, 3.8) is 0 Å². The number of hydrogen-bond donors (Lipinski definition) is 1. The van der Waals surface area contributed by atoms with Crippen molar-refractivity contribution in [3.05, 3.63) is 51.3 Å². The first-order chi connectivity index (χ1) is 9.95. The summed E-state index contributed by atoms with van der Waals surface area (Å²) in [6.07, 6.45) is 1.53. The van der Waals surface area contributed by atoms with E-state index in [9.17, 15) is 4.39 Å². The van der Waals surface area contributed by atoms with Crippen LogP contribution in [0.25, 0.3) is 0 Å². The van der Waals surface area contributed by atoms with Gasteiger partial charge in [0.2, 0.25) is 5.88 Å². The molecule has 0 spiro atoms. The largest absolute Gasteiger partial charge is 0.439 e. The van der Waals surface area contributed by atoms with Crippen molar-refractivity contribution in [1.82, 2.24) is 10.3 Å². The summed E-state index contributed by atoms with van der Waals surface area (Å²) < 4.78 is 19.4. The van der Waals surface area contributed by atoms with Crippen LogP contribution in [0.15, 0.2) is 34.9 Å². The minimum absolute atomic E-state index is 0.346. The van der Waals surface area contributed by atoms with E-state index in [4.69, 9.17) is 16.3 Å². The quantitative estimate of drug-likeness (QED) is 0.807. The zero-order chi connectivity index (χ0) is 15.4. The van der Waals surface area contributed by atoms with Gasteiger partial charge in [-0.1, -0.05) is 25.4 Å². The van der Waals surface area contributed by atoms with Crippen LogP contribution in [0.2, 0.25) is 5.02 Å². The van der Waals surface area contributed by atoms with Crippen LogP contribution in [0.1, 0.15) is 19.4 Å². The van der Waals surface area contributed by atoms with Crippen molar-refractivity contribution in [2.45, 2.75) is 26.4 Å². The van der Waals surface area contributed by atoms with Gasteiger partial charge in [-0.05, 0) is 33.6 Å². The smallest absolute Gasteiger partial charge is 0.219 e. The van der Waals surface area contributed by atoms with E-state index in [0.717, 1.165) is 5.56 Å². The highest BCUT2D eigenvalue weighted by Gasteiger charge is 2.07. The molecule has 112 valence electrons. The maximum atomic E-state index is 13.5. The van der Waals surface area contributed by atoms with Gasteiger partial charge in [0.15, 0.2) is 0 Å². The molecule has 1 aromatic carbocycles. The highest BCUT2D eigenvalue weighted by molar-refractivity contribution is 9.10. The molecule has 0 aliphatic carbocycles. The second-order valence-corrected chi connectivity index (χ2v) is 6.09. The molecule has 6 heteroatoms. The number of ether oxygens (including phenoxy) is 1. The predicted octanol–water partition coefficient (Wildman–Crippen LogP) is 4.93. The lowest BCUT2D eigenvalue weighted by atomic mass is 10.2. The molecule has 0 aliphatic heterocycles. The molecule has 1 N–H and O–H groups in total. The van der Waals surface area contributed by atoms with Gasteiger partial charge in [0.1, 0.15) is 11.6 Å². The molecule has 1 aromatic heterocycles. The average molecular weight is 374 g/mol. The highest BCUT2D eigenvalue weighted by atomic mass is 79.9. The maximum absolute atomic E-state index is 13.5. The topological polar surface area (TPSA) is 34.1 Å². The Balaban J connectivity index is 2.16. The average Bonchev–Trinajstić information content (AvgIpc) is 2.43. The number of hydrogen-bond acceptors (Lipinski definition) is 3. The van der Waals surface area contributed by atoms with Crippen molar-refractivity contribution in [2.75, 3.05) is 0 Å². The van der Waals surface area contributed by atoms with E-state index in [0.29, 0.717) is 33.7 Å². The summed E-state index contributed by atoms with van der Waals surface area (Å²) in [6, 6.07) is 6.64. The monoisotopic (exact) mass is 372 g/mol. The van der Waals surface area contributed by atoms with Gasteiger partial charge in [-0.15, -0.1) is 0 Å². The third kappa shape index (κ3) is 4.66. The lowest BCUT2D eigenvalue weighted by molar-refractivity contribution is 0.456. The molecule has 2 rings (SSSR count). The summed E-state index contributed by atoms with van der Waals surface area (Å²) in [5, 5.41) is 3.84. The molecule has 0 saturated carbocycles. The Labute approximate surface area is 136 Å². The molecule has 0 bridgehead atoms. The molecule has 2 aromatic rings. The van der Waals surface area contributed by atoms with Gasteiger partial charge < -0.3 is 10.1 Å². The number of benzene rings is 1. The van der Waals surface area contributed by atoms with Gasteiger partial charge in [-0.2, -0.15) is 0 Å². The van der Waals surface area contributed by atoms with Gasteiger partial charge in [0, 0.05) is 30.9 Å². The minimum Gasteiger partial charge on any atom is -0.439 e. The van der Waals surface area contributed by atoms with Crippen molar-refractivity contribution >= 4 is 27.5 Å². The summed E-state index contributed by atoms with van der Waals surface area (Å²) in [7, 11) is 0. The molecule has 0 atom stereocenters. The summed E-state index contributed by atoms with van der Waals surface area (Å²) in [5.41, 5.74) is 0.882. The van der Waals surface area contributed by atoms with Crippen molar-refractivity contribution in [3.8, 4) is 11.6 Å². The number of aromatic nitrogens is 1. The Bertz CT molecular complexity index is 637. The molecule has 0 fully saturated rings. The standard InChI is InChI=1S/C15H15BrClFN2O/c1-9(2)19-7-10-5-15(20-8-13(10)17)21-11-3-4-12(16)14(18)6-11/h3-6,8-9,19H,7H2,1-2H3. The first-order valence-electron chi connectivity index (χ1n) is 6.46. The number of pyridine rings is 1. The van der Waals surface area contributed by atoms with Crippen molar-refractivity contribution in [2.24, 2.45) is 0 Å². The highest BCUT2D eigenvalue weighted by Crippen LogP contribution is 2.26. The molecular weight excluding hydrogens is 359 g/mol. The van der Waals surface area contributed by atoms with Gasteiger partial charge in [0.05, 0.1) is 9.50 Å². The van der Waals surface area contributed by atoms with Crippen LogP contribution in [-0.4, -0.2) is 11.0 Å². The Hall–Kier alpha value is -1.17. The molecule has 1 heterocycles. The fourth-order valence-corrected chi connectivity index (χ4v) is 2.04. The zero-order valence-electron chi connectivity index (χ0n) is 11.7. The Kier molecular flexibility index (Phi) is 5.56. The second-order valence-electron chi connectivity index (χ2n) is 4.83. The second kappa shape index (κ2) is 7.20. The molecule has 0 saturated heterocycles. The molecule has 0 radical (unpaired) electrons. The van der Waals surface area contributed by atoms with Gasteiger partial charge >= 0.3 is 0 Å². The van der Waals surface area contributed by atoms with Gasteiger partial charge in [0.25, 0.3) is 0 Å². The number of rotatable bonds is 5. The summed E-state index contributed by atoms with van der Waals surface area (Å²) in [4.78, 5) is 4.10. The normalized spacial score (nSPS) is 11.0. The molecule has 0 amide bonds. The zero-order valence-corrected chi connectivity index (χ0v) is 14.0. The third-order valence-corrected chi connectivity index (χ3v) is 3.71. The van der Waals surface area contributed by atoms with Gasteiger partial charge in [-0.3, -0.25) is 0 Å². The van der Waals surface area contributed by atoms with Gasteiger partial charge in [-0.25, -0.2) is 9.37 Å². The van der Waals surface area contributed by atoms with E-state index < -0.39 is 0 Å². The number of nitrogens with zero attached hydrogens (tertiary/aromatic N) is 1. The van der Waals surface area contributed by atoms with E-state index in [-0.39, 0.29) is 5.82 Å². The molecule has 21 heavy (non-hydrogen) atoms. The van der Waals surface area contributed by atoms with E-state index in [1.54, 1.807) is 18.2 Å². The lowest BCUT2D eigenvalue weighted by Crippen LogP contribution is -2.22. The Morgan fingerprint density at radius 3 is 2.81 bits per heavy atom. The van der Waals surface area contributed by atoms with Crippen LogP contribution in [0.4, 0.5) is 4.39 Å². The summed E-state index contributed by atoms with van der Waals surface area (Å²) in [6.45, 7) is 4.72. The minimum atomic E-state index is -0.386. The van der Waals surface area contributed by atoms with E-state index in [2.05, 4.69) is 40.1 Å². The molecular formula is C15H15BrClFN2O. The van der Waals surface area contributed by atoms with Crippen LogP contribution in [-0.2, 0) is 6.54 Å². The van der Waals surface area contributed by atoms with Crippen LogP contribution < -0.4 is 10.1 Å². The Morgan fingerprint density at radius 1 is 1.38 bits per heavy atom. The first kappa shape index (κ1) is 16.2. The summed E-state index contributed by atoms with van der Waals surface area (Å²) in [5.74, 6) is 0.373. The molecule has 3 nitrogen and oxygen atoms in total. The number of halogens is 3. The van der Waals surface area contributed by atoms with Crippen LogP contribution in [0.3, 0.4) is 0 Å². The van der Waals surface area contributed by atoms with E-state index >= 15 is 0 Å². The van der Waals surface area contributed by atoms with Crippen molar-refractivity contribution in [1.29, 1.82) is 0 Å². The number of nitrogens with one attached hydrogen (secondary N) is 1. The Morgan fingerprint density at radius 2 is 2.14 bits per heavy atom. The fraction of sp³-hybridized carbons (Fsp3) is 0.267. The SMILES string of the molecule is CC(C)NCc1cc(Oc2ccc(Br)c(F)c2)ncc1Cl. The van der Waals surface area contributed by atoms with Crippen LogP contribution in [0, 0.1) is 5.82 Å². The summed E-state index contributed by atoms with van der Waals surface area (Å²) >= 11 is 9.20. The van der Waals surface area contributed by atoms with Crippen LogP contribution in [0.5, 0.6) is 11.6 Å². The predicted molar refractivity (Wildman–Crippen MR) is 85.4 cm³/mol. The van der Waals surface area contributed by atoms with Crippen LogP contribution >= 0.6 is 27.5 Å². The van der Waals surface area contributed by atoms with Crippen molar-refractivity contribution < 1.29 is 9.13 Å². The maximum Gasteiger partial charge on any atom is 0.219 e. The lowest BCUT2D eigenvalue weighted by Gasteiger charge is -2.11. The van der Waals surface area contributed by atoms with E-state index in [1.807, 2.05) is 0 Å². The first-order valence-corrected chi connectivity index (χ1v) is 7.63. The third-order valence-electron chi connectivity index (χ3n) is 2.72. The fourth-order valence-electron chi connectivity index (χ4n) is 1.62.